The van der Waals surface area contributed by atoms with Crippen LogP contribution in [0.15, 0.2) is 6.07 Å². The summed E-state index contributed by atoms with van der Waals surface area (Å²) < 4.78 is 2.35. The van der Waals surface area contributed by atoms with Crippen LogP contribution < -0.4 is 11.1 Å². The molecule has 4 heteroatoms. The zero-order chi connectivity index (χ0) is 16.1. The number of hydrogen-bond acceptors (Lipinski definition) is 2. The number of fused-ring (bicyclic) bond motifs is 2. The number of nitrogens with zero attached hydrogens (tertiary/aromatic N) is 1. The highest BCUT2D eigenvalue weighted by Crippen LogP contribution is 2.41. The van der Waals surface area contributed by atoms with Crippen LogP contribution in [0.2, 0.25) is 0 Å². The molecule has 1 aromatic rings. The SMILES string of the molecule is Cc1cc(C(=O)NC2C3CCCC2CC(N)C3)c(C)n1C1CC1. The summed E-state index contributed by atoms with van der Waals surface area (Å²) in [6, 6.07) is 3.37. The highest BCUT2D eigenvalue weighted by atomic mass is 16.1. The first kappa shape index (κ1) is 15.3. The summed E-state index contributed by atoms with van der Waals surface area (Å²) in [5.41, 5.74) is 9.44. The topological polar surface area (TPSA) is 60.1 Å². The van der Waals surface area contributed by atoms with E-state index < -0.39 is 0 Å². The molecule has 0 saturated heterocycles. The highest BCUT2D eigenvalue weighted by Gasteiger charge is 2.40. The van der Waals surface area contributed by atoms with Gasteiger partial charge < -0.3 is 15.6 Å². The lowest BCUT2D eigenvalue weighted by Gasteiger charge is -2.45. The van der Waals surface area contributed by atoms with Crippen LogP contribution in [0.25, 0.3) is 0 Å². The normalized spacial score (nSPS) is 33.5. The number of aromatic nitrogens is 1. The maximum atomic E-state index is 12.9. The van der Waals surface area contributed by atoms with Crippen LogP contribution in [0.1, 0.15) is 72.7 Å². The van der Waals surface area contributed by atoms with Crippen molar-refractivity contribution in [3.05, 3.63) is 23.0 Å². The highest BCUT2D eigenvalue weighted by molar-refractivity contribution is 5.96. The Morgan fingerprint density at radius 2 is 1.83 bits per heavy atom. The summed E-state index contributed by atoms with van der Waals surface area (Å²) in [7, 11) is 0. The molecule has 0 aromatic carbocycles. The molecular formula is C19H29N3O. The third-order valence-corrected chi connectivity index (χ3v) is 6.32. The van der Waals surface area contributed by atoms with Crippen molar-refractivity contribution in [2.75, 3.05) is 0 Å². The third kappa shape index (κ3) is 2.71. The lowest BCUT2D eigenvalue weighted by molar-refractivity contribution is 0.0755. The van der Waals surface area contributed by atoms with E-state index in [0.717, 1.165) is 24.1 Å². The molecule has 3 aliphatic rings. The van der Waals surface area contributed by atoms with Gasteiger partial charge in [0, 0.05) is 29.5 Å². The number of nitrogens with two attached hydrogens (primary N) is 1. The molecule has 3 fully saturated rings. The van der Waals surface area contributed by atoms with Gasteiger partial charge in [-0.1, -0.05) is 6.42 Å². The molecule has 0 aliphatic heterocycles. The Morgan fingerprint density at radius 1 is 1.17 bits per heavy atom. The number of rotatable bonds is 3. The van der Waals surface area contributed by atoms with Crippen LogP contribution in [0.3, 0.4) is 0 Å². The summed E-state index contributed by atoms with van der Waals surface area (Å²) in [5.74, 6) is 1.28. The van der Waals surface area contributed by atoms with Gasteiger partial charge in [-0.25, -0.2) is 0 Å². The Labute approximate surface area is 138 Å². The minimum Gasteiger partial charge on any atom is -0.349 e. The molecule has 3 saturated carbocycles. The van der Waals surface area contributed by atoms with Gasteiger partial charge in [0.2, 0.25) is 0 Å². The summed E-state index contributed by atoms with van der Waals surface area (Å²) in [5, 5.41) is 3.39. The molecule has 1 amide bonds. The molecule has 2 atom stereocenters. The van der Waals surface area contributed by atoms with Crippen molar-refractivity contribution in [3.8, 4) is 0 Å². The maximum Gasteiger partial charge on any atom is 0.253 e. The molecule has 4 rings (SSSR count). The van der Waals surface area contributed by atoms with Crippen molar-refractivity contribution >= 4 is 5.91 Å². The molecule has 3 N–H and O–H groups in total. The number of nitrogens with one attached hydrogen (secondary N) is 1. The van der Waals surface area contributed by atoms with Crippen LogP contribution in [-0.4, -0.2) is 22.6 Å². The van der Waals surface area contributed by atoms with E-state index in [2.05, 4.69) is 29.8 Å². The Kier molecular flexibility index (Phi) is 3.75. The van der Waals surface area contributed by atoms with E-state index in [9.17, 15) is 4.79 Å². The van der Waals surface area contributed by atoms with Gasteiger partial charge in [0.1, 0.15) is 0 Å². The van der Waals surface area contributed by atoms with Gasteiger partial charge in [-0.05, 0) is 70.3 Å². The second kappa shape index (κ2) is 5.66. The molecule has 4 nitrogen and oxygen atoms in total. The number of carbonyl (C=O) groups is 1. The van der Waals surface area contributed by atoms with Crippen molar-refractivity contribution in [1.29, 1.82) is 0 Å². The van der Waals surface area contributed by atoms with Gasteiger partial charge in [-0.15, -0.1) is 0 Å². The van der Waals surface area contributed by atoms with Crippen LogP contribution in [-0.2, 0) is 0 Å². The monoisotopic (exact) mass is 315 g/mol. The average molecular weight is 315 g/mol. The van der Waals surface area contributed by atoms with Crippen molar-refractivity contribution in [2.45, 2.75) is 76.9 Å². The molecule has 23 heavy (non-hydrogen) atoms. The first-order chi connectivity index (χ1) is 11.0. The fourth-order valence-electron chi connectivity index (χ4n) is 5.16. The molecule has 126 valence electrons. The quantitative estimate of drug-likeness (QED) is 0.900. The minimum absolute atomic E-state index is 0.127. The van der Waals surface area contributed by atoms with Crippen molar-refractivity contribution in [2.24, 2.45) is 17.6 Å². The van der Waals surface area contributed by atoms with Crippen molar-refractivity contribution in [3.63, 3.8) is 0 Å². The predicted molar refractivity (Wildman–Crippen MR) is 91.5 cm³/mol. The Bertz CT molecular complexity index is 602. The van der Waals surface area contributed by atoms with E-state index in [4.69, 9.17) is 5.73 Å². The number of amides is 1. The summed E-state index contributed by atoms with van der Waals surface area (Å²) in [6.45, 7) is 4.22. The summed E-state index contributed by atoms with van der Waals surface area (Å²) >= 11 is 0. The molecule has 2 unspecified atom stereocenters. The number of hydrogen-bond donors (Lipinski definition) is 2. The molecule has 2 bridgehead atoms. The smallest absolute Gasteiger partial charge is 0.253 e. The Morgan fingerprint density at radius 3 is 2.43 bits per heavy atom. The third-order valence-electron chi connectivity index (χ3n) is 6.32. The molecule has 1 heterocycles. The van der Waals surface area contributed by atoms with Gasteiger partial charge in [0.15, 0.2) is 0 Å². The molecular weight excluding hydrogens is 286 g/mol. The summed E-state index contributed by atoms with van der Waals surface area (Å²) in [6.07, 6.45) is 8.38. The first-order valence-electron chi connectivity index (χ1n) is 9.29. The lowest BCUT2D eigenvalue weighted by Crippen LogP contribution is -2.53. The van der Waals surface area contributed by atoms with Crippen molar-refractivity contribution in [1.82, 2.24) is 9.88 Å². The zero-order valence-electron chi connectivity index (χ0n) is 14.3. The van der Waals surface area contributed by atoms with Gasteiger partial charge in [-0.2, -0.15) is 0 Å². The second-order valence-corrected chi connectivity index (χ2v) is 8.07. The largest absolute Gasteiger partial charge is 0.349 e. The number of aryl methyl sites for hydroxylation is 1. The molecule has 0 spiro atoms. The fourth-order valence-corrected chi connectivity index (χ4v) is 5.16. The molecule has 0 radical (unpaired) electrons. The lowest BCUT2D eigenvalue weighted by atomic mass is 9.67. The predicted octanol–water partition coefficient (Wildman–Crippen LogP) is 3.08. The van der Waals surface area contributed by atoms with Crippen LogP contribution >= 0.6 is 0 Å². The van der Waals surface area contributed by atoms with Gasteiger partial charge >= 0.3 is 0 Å². The second-order valence-electron chi connectivity index (χ2n) is 8.07. The van der Waals surface area contributed by atoms with E-state index in [1.165, 1.54) is 37.8 Å². The number of carbonyl (C=O) groups excluding carboxylic acids is 1. The molecule has 3 aliphatic carbocycles. The summed E-state index contributed by atoms with van der Waals surface area (Å²) in [4.78, 5) is 12.9. The van der Waals surface area contributed by atoms with Gasteiger partial charge in [0.25, 0.3) is 5.91 Å². The van der Waals surface area contributed by atoms with Gasteiger partial charge in [-0.3, -0.25) is 4.79 Å². The van der Waals surface area contributed by atoms with E-state index >= 15 is 0 Å². The average Bonchev–Trinajstić information content (AvgIpc) is 3.26. The van der Waals surface area contributed by atoms with E-state index in [0.29, 0.717) is 30.0 Å². The van der Waals surface area contributed by atoms with E-state index in [-0.39, 0.29) is 5.91 Å². The van der Waals surface area contributed by atoms with Gasteiger partial charge in [0.05, 0.1) is 5.56 Å². The standard InChI is InChI=1S/C19H29N3O/c1-11-8-17(12(2)22(11)16-6-7-16)19(23)21-18-13-4-3-5-14(18)10-15(20)9-13/h8,13-16,18H,3-7,9-10,20H2,1-2H3,(H,21,23). The first-order valence-corrected chi connectivity index (χ1v) is 9.29. The maximum absolute atomic E-state index is 12.9. The van der Waals surface area contributed by atoms with E-state index in [1.807, 2.05) is 0 Å². The van der Waals surface area contributed by atoms with Crippen LogP contribution in [0.4, 0.5) is 0 Å². The Hall–Kier alpha value is -1.29. The molecule has 1 aromatic heterocycles. The minimum atomic E-state index is 0.127. The van der Waals surface area contributed by atoms with Crippen LogP contribution in [0, 0.1) is 25.7 Å². The zero-order valence-corrected chi connectivity index (χ0v) is 14.3. The van der Waals surface area contributed by atoms with Crippen molar-refractivity contribution < 1.29 is 4.79 Å². The fraction of sp³-hybridized carbons (Fsp3) is 0.737. The Balaban J connectivity index is 1.53. The van der Waals surface area contributed by atoms with E-state index in [1.54, 1.807) is 0 Å². The van der Waals surface area contributed by atoms with Crippen LogP contribution in [0.5, 0.6) is 0 Å².